The number of nitriles is 1. The summed E-state index contributed by atoms with van der Waals surface area (Å²) < 4.78 is 27.4. The normalized spacial score (nSPS) is 12.8. The topological polar surface area (TPSA) is 90.3 Å². The first-order chi connectivity index (χ1) is 14.9. The van der Waals surface area contributed by atoms with Gasteiger partial charge in [0.15, 0.2) is 0 Å². The first kappa shape index (κ1) is 20.9. The van der Waals surface area contributed by atoms with Gasteiger partial charge < -0.3 is 5.32 Å². The van der Waals surface area contributed by atoms with E-state index in [9.17, 15) is 13.2 Å². The van der Waals surface area contributed by atoms with Gasteiger partial charge in [-0.05, 0) is 72.1 Å². The van der Waals surface area contributed by atoms with Gasteiger partial charge in [0, 0.05) is 22.8 Å². The van der Waals surface area contributed by atoms with Crippen molar-refractivity contribution in [3.63, 3.8) is 0 Å². The molecule has 8 heteroatoms. The van der Waals surface area contributed by atoms with Crippen LogP contribution in [0.4, 0.5) is 11.4 Å². The smallest absolute Gasteiger partial charge is 0.264 e. The SMILES string of the molecule is N#CCc1ccc(NC(=O)c2ccc3c(c2)CCN3S(=O)(=O)c2ccc(Cl)cc2)cc1. The Bertz CT molecular complexity index is 1280. The number of rotatable bonds is 5. The fourth-order valence-electron chi connectivity index (χ4n) is 3.50. The van der Waals surface area contributed by atoms with Crippen LogP contribution in [0.3, 0.4) is 0 Å². The number of hydrogen-bond donors (Lipinski definition) is 1. The predicted octanol–water partition coefficient (Wildman–Crippen LogP) is 4.41. The van der Waals surface area contributed by atoms with Crippen molar-refractivity contribution in [2.24, 2.45) is 0 Å². The molecule has 0 saturated heterocycles. The van der Waals surface area contributed by atoms with Crippen LogP contribution in [0.25, 0.3) is 0 Å². The molecule has 31 heavy (non-hydrogen) atoms. The van der Waals surface area contributed by atoms with E-state index in [1.54, 1.807) is 54.6 Å². The van der Waals surface area contributed by atoms with E-state index in [4.69, 9.17) is 16.9 Å². The van der Waals surface area contributed by atoms with Gasteiger partial charge >= 0.3 is 0 Å². The minimum Gasteiger partial charge on any atom is -0.322 e. The van der Waals surface area contributed by atoms with E-state index >= 15 is 0 Å². The van der Waals surface area contributed by atoms with Crippen LogP contribution in [-0.4, -0.2) is 20.9 Å². The van der Waals surface area contributed by atoms with E-state index in [1.807, 2.05) is 0 Å². The van der Waals surface area contributed by atoms with Crippen LogP contribution in [0.15, 0.2) is 71.6 Å². The lowest BCUT2D eigenvalue weighted by atomic mass is 10.1. The Labute approximate surface area is 185 Å². The number of nitrogens with one attached hydrogen (secondary N) is 1. The highest BCUT2D eigenvalue weighted by atomic mass is 35.5. The minimum atomic E-state index is -3.71. The maximum Gasteiger partial charge on any atom is 0.264 e. The summed E-state index contributed by atoms with van der Waals surface area (Å²) in [6.45, 7) is 0.311. The van der Waals surface area contributed by atoms with Gasteiger partial charge in [0.1, 0.15) is 0 Å². The van der Waals surface area contributed by atoms with Crippen molar-refractivity contribution in [2.75, 3.05) is 16.2 Å². The van der Waals surface area contributed by atoms with Gasteiger partial charge in [-0.3, -0.25) is 9.10 Å². The van der Waals surface area contributed by atoms with E-state index < -0.39 is 10.0 Å². The van der Waals surface area contributed by atoms with Crippen molar-refractivity contribution in [2.45, 2.75) is 17.7 Å². The summed E-state index contributed by atoms with van der Waals surface area (Å²) in [6.07, 6.45) is 0.834. The van der Waals surface area contributed by atoms with E-state index in [1.165, 1.54) is 16.4 Å². The number of halogens is 1. The van der Waals surface area contributed by atoms with Gasteiger partial charge in [-0.25, -0.2) is 8.42 Å². The second-order valence-corrected chi connectivity index (χ2v) is 9.41. The molecule has 0 fully saturated rings. The molecule has 0 aromatic heterocycles. The number of anilines is 2. The van der Waals surface area contributed by atoms with Crippen LogP contribution in [-0.2, 0) is 22.9 Å². The molecule has 0 bridgehead atoms. The summed E-state index contributed by atoms with van der Waals surface area (Å²) in [5.74, 6) is -0.283. The number of hydrogen-bond acceptors (Lipinski definition) is 4. The van der Waals surface area contributed by atoms with Crippen LogP contribution < -0.4 is 9.62 Å². The zero-order chi connectivity index (χ0) is 22.0. The number of benzene rings is 3. The third-order valence-corrected chi connectivity index (χ3v) is 7.17. The summed E-state index contributed by atoms with van der Waals surface area (Å²) in [7, 11) is -3.71. The van der Waals surface area contributed by atoms with Gasteiger partial charge in [-0.2, -0.15) is 5.26 Å². The molecule has 1 aliphatic rings. The molecule has 0 unspecified atom stereocenters. The Morgan fingerprint density at radius 2 is 1.77 bits per heavy atom. The highest BCUT2D eigenvalue weighted by Gasteiger charge is 2.31. The number of carbonyl (C=O) groups excluding carboxylic acids is 1. The first-order valence-corrected chi connectivity index (χ1v) is 11.4. The van der Waals surface area contributed by atoms with E-state index in [0.717, 1.165) is 11.1 Å². The maximum absolute atomic E-state index is 13.0. The second kappa shape index (κ2) is 8.42. The second-order valence-electron chi connectivity index (χ2n) is 7.11. The molecule has 0 aliphatic carbocycles. The molecule has 6 nitrogen and oxygen atoms in total. The summed E-state index contributed by atoms with van der Waals surface area (Å²) in [6, 6.07) is 20.2. The fraction of sp³-hybridized carbons (Fsp3) is 0.130. The molecule has 0 radical (unpaired) electrons. The van der Waals surface area contributed by atoms with Gasteiger partial charge in [0.25, 0.3) is 15.9 Å². The monoisotopic (exact) mass is 451 g/mol. The van der Waals surface area contributed by atoms with Crippen LogP contribution in [0, 0.1) is 11.3 Å². The Morgan fingerprint density at radius 3 is 2.45 bits per heavy atom. The maximum atomic E-state index is 13.0. The average molecular weight is 452 g/mol. The third-order valence-electron chi connectivity index (χ3n) is 5.09. The molecule has 156 valence electrons. The van der Waals surface area contributed by atoms with Crippen molar-refractivity contribution in [3.05, 3.63) is 88.4 Å². The van der Waals surface area contributed by atoms with Crippen LogP contribution in [0.1, 0.15) is 21.5 Å². The minimum absolute atomic E-state index is 0.173. The van der Waals surface area contributed by atoms with Crippen LogP contribution in [0.5, 0.6) is 0 Å². The highest BCUT2D eigenvalue weighted by Crippen LogP contribution is 2.34. The van der Waals surface area contributed by atoms with Crippen LogP contribution in [0.2, 0.25) is 5.02 Å². The van der Waals surface area contributed by atoms with Crippen molar-refractivity contribution in [3.8, 4) is 6.07 Å². The standard InChI is InChI=1S/C23H18ClN3O3S/c24-19-4-8-21(9-5-19)31(29,30)27-14-12-17-15-18(3-10-22(17)27)23(28)26-20-6-1-16(2-7-20)11-13-25/h1-10,15H,11-12,14H2,(H,26,28). The Hall–Kier alpha value is -3.34. The van der Waals surface area contributed by atoms with E-state index in [0.29, 0.717) is 41.3 Å². The number of fused-ring (bicyclic) bond motifs is 1. The zero-order valence-electron chi connectivity index (χ0n) is 16.4. The number of carbonyl (C=O) groups is 1. The molecule has 0 spiro atoms. The molecular formula is C23H18ClN3O3S. The quantitative estimate of drug-likeness (QED) is 0.622. The van der Waals surface area contributed by atoms with Crippen molar-refractivity contribution in [1.82, 2.24) is 0 Å². The number of amides is 1. The number of nitrogens with zero attached hydrogens (tertiary/aromatic N) is 2. The molecule has 3 aromatic carbocycles. The van der Waals surface area contributed by atoms with Crippen molar-refractivity contribution >= 4 is 38.9 Å². The molecule has 1 N–H and O–H groups in total. The Balaban J connectivity index is 1.53. The third kappa shape index (κ3) is 4.26. The van der Waals surface area contributed by atoms with Gasteiger partial charge in [-0.15, -0.1) is 0 Å². The van der Waals surface area contributed by atoms with Crippen molar-refractivity contribution < 1.29 is 13.2 Å². The van der Waals surface area contributed by atoms with Gasteiger partial charge in [-0.1, -0.05) is 23.7 Å². The molecule has 0 atom stereocenters. The first-order valence-electron chi connectivity index (χ1n) is 9.57. The van der Waals surface area contributed by atoms with Gasteiger partial charge in [0.2, 0.25) is 0 Å². The van der Waals surface area contributed by atoms with E-state index in [-0.39, 0.29) is 10.8 Å². The van der Waals surface area contributed by atoms with E-state index in [2.05, 4.69) is 11.4 Å². The number of sulfonamides is 1. The molecule has 4 rings (SSSR count). The van der Waals surface area contributed by atoms with Gasteiger partial charge in [0.05, 0.1) is 23.1 Å². The lowest BCUT2D eigenvalue weighted by molar-refractivity contribution is 0.102. The molecule has 3 aromatic rings. The fourth-order valence-corrected chi connectivity index (χ4v) is 5.13. The molecule has 1 amide bonds. The Kier molecular flexibility index (Phi) is 5.68. The Morgan fingerprint density at radius 1 is 1.06 bits per heavy atom. The van der Waals surface area contributed by atoms with Crippen LogP contribution >= 0.6 is 11.6 Å². The molecular weight excluding hydrogens is 434 g/mol. The summed E-state index contributed by atoms with van der Waals surface area (Å²) in [5, 5.41) is 12.0. The lowest BCUT2D eigenvalue weighted by Crippen LogP contribution is -2.29. The summed E-state index contributed by atoms with van der Waals surface area (Å²) in [4.78, 5) is 12.8. The summed E-state index contributed by atoms with van der Waals surface area (Å²) >= 11 is 5.87. The molecule has 1 heterocycles. The molecule has 0 saturated carbocycles. The predicted molar refractivity (Wildman–Crippen MR) is 120 cm³/mol. The summed E-state index contributed by atoms with van der Waals surface area (Å²) in [5.41, 5.74) is 3.33. The lowest BCUT2D eigenvalue weighted by Gasteiger charge is -2.19. The highest BCUT2D eigenvalue weighted by molar-refractivity contribution is 7.92. The molecule has 1 aliphatic heterocycles. The largest absolute Gasteiger partial charge is 0.322 e. The zero-order valence-corrected chi connectivity index (χ0v) is 17.9. The van der Waals surface area contributed by atoms with Crippen molar-refractivity contribution in [1.29, 1.82) is 5.26 Å². The average Bonchev–Trinajstić information content (AvgIpc) is 3.20.